The van der Waals surface area contributed by atoms with Crippen LogP contribution in [0.2, 0.25) is 4.34 Å². The minimum absolute atomic E-state index is 0.0966. The van der Waals surface area contributed by atoms with Gasteiger partial charge < -0.3 is 9.88 Å². The van der Waals surface area contributed by atoms with Crippen LogP contribution in [0.3, 0.4) is 0 Å². The van der Waals surface area contributed by atoms with E-state index in [9.17, 15) is 4.79 Å². The van der Waals surface area contributed by atoms with Crippen LogP contribution in [0.1, 0.15) is 86.3 Å². The summed E-state index contributed by atoms with van der Waals surface area (Å²) in [5.41, 5.74) is 0. The molecular formula is C23H32ClN9OS. The number of thiophene rings is 1. The molecule has 3 aromatic rings. The summed E-state index contributed by atoms with van der Waals surface area (Å²) in [7, 11) is 0. The topological polar surface area (TPSA) is 118 Å². The fourth-order valence-corrected chi connectivity index (χ4v) is 6.93. The number of hydrogen-bond donors (Lipinski definition) is 2. The van der Waals surface area contributed by atoms with Crippen molar-refractivity contribution in [3.05, 3.63) is 38.8 Å². The summed E-state index contributed by atoms with van der Waals surface area (Å²) in [4.78, 5) is 16.4. The van der Waals surface area contributed by atoms with Crippen LogP contribution in [0.25, 0.3) is 0 Å². The number of aromatic amines is 1. The van der Waals surface area contributed by atoms with E-state index >= 15 is 0 Å². The predicted octanol–water partition coefficient (Wildman–Crippen LogP) is 3.60. The number of nitrogens with zero attached hydrogens (tertiary/aromatic N) is 7. The van der Waals surface area contributed by atoms with Gasteiger partial charge in [0.25, 0.3) is 0 Å². The van der Waals surface area contributed by atoms with Crippen LogP contribution < -0.4 is 5.32 Å². The van der Waals surface area contributed by atoms with Gasteiger partial charge >= 0.3 is 0 Å². The third-order valence-electron chi connectivity index (χ3n) is 7.30. The molecule has 12 heteroatoms. The highest BCUT2D eigenvalue weighted by Gasteiger charge is 2.42. The molecule has 2 saturated heterocycles. The number of amides is 1. The Morgan fingerprint density at radius 2 is 1.97 bits per heavy atom. The van der Waals surface area contributed by atoms with Crippen LogP contribution in [0, 0.1) is 6.92 Å². The number of fused-ring (bicyclic) bond motifs is 2. The van der Waals surface area contributed by atoms with Crippen molar-refractivity contribution in [1.82, 2.24) is 45.6 Å². The minimum Gasteiger partial charge on any atom is -0.348 e. The van der Waals surface area contributed by atoms with Gasteiger partial charge in [-0.15, -0.1) is 26.6 Å². The number of carbonyl (C=O) groups is 1. The van der Waals surface area contributed by atoms with Gasteiger partial charge in [-0.1, -0.05) is 25.4 Å². The maximum absolute atomic E-state index is 12.7. The highest BCUT2D eigenvalue weighted by Crippen LogP contribution is 2.42. The fraction of sp³-hybridized carbons (Fsp3) is 0.652. The molecule has 0 saturated carbocycles. The van der Waals surface area contributed by atoms with Crippen molar-refractivity contribution in [2.24, 2.45) is 0 Å². The molecule has 2 bridgehead atoms. The lowest BCUT2D eigenvalue weighted by Gasteiger charge is -2.40. The lowest BCUT2D eigenvalue weighted by atomic mass is 9.95. The fourth-order valence-electron chi connectivity index (χ4n) is 5.78. The van der Waals surface area contributed by atoms with E-state index in [4.69, 9.17) is 11.6 Å². The van der Waals surface area contributed by atoms with Crippen molar-refractivity contribution < 1.29 is 4.79 Å². The van der Waals surface area contributed by atoms with Gasteiger partial charge in [-0.25, -0.2) is 5.10 Å². The Balaban J connectivity index is 1.25. The second-order valence-corrected chi connectivity index (χ2v) is 11.7. The Morgan fingerprint density at radius 3 is 2.60 bits per heavy atom. The van der Waals surface area contributed by atoms with E-state index in [0.717, 1.165) is 46.7 Å². The zero-order valence-corrected chi connectivity index (χ0v) is 21.9. The molecule has 2 N–H and O–H groups in total. The first-order valence-electron chi connectivity index (χ1n) is 12.3. The highest BCUT2D eigenvalue weighted by molar-refractivity contribution is 7.16. The second kappa shape index (κ2) is 10.3. The van der Waals surface area contributed by atoms with Gasteiger partial charge in [-0.2, -0.15) is 0 Å². The molecule has 2 aliphatic rings. The third-order valence-corrected chi connectivity index (χ3v) is 8.64. The van der Waals surface area contributed by atoms with E-state index < -0.39 is 0 Å². The number of H-pyrrole nitrogens is 1. The average Bonchev–Trinajstić information content (AvgIpc) is 3.60. The molecule has 2 fully saturated rings. The zero-order valence-electron chi connectivity index (χ0n) is 20.3. The summed E-state index contributed by atoms with van der Waals surface area (Å²) in [6.45, 7) is 7.38. The third kappa shape index (κ3) is 5.26. The standard InChI is InChI=1S/C23H32ClN9OS/c1-13(2)23-29-26-14(3)33(23)17-10-15-4-5-16(11-17)32(15)9-8-18(19-6-7-20(24)35-19)25-22(34)12-21-27-30-31-28-21/h6-7,13,15-18H,4-5,8-12H2,1-3H3,(H,25,34)(H,27,28,30,31)/t15-,16+,17-,18-/m0/s1. The average molecular weight is 518 g/mol. The number of aromatic nitrogens is 7. The molecule has 4 atom stereocenters. The lowest BCUT2D eigenvalue weighted by molar-refractivity contribution is -0.121. The number of carbonyl (C=O) groups excluding carboxylic acids is 1. The molecule has 2 aliphatic heterocycles. The maximum Gasteiger partial charge on any atom is 0.228 e. The van der Waals surface area contributed by atoms with Crippen molar-refractivity contribution in [3.63, 3.8) is 0 Å². The molecule has 0 unspecified atom stereocenters. The summed E-state index contributed by atoms with van der Waals surface area (Å²) >= 11 is 7.75. The number of piperidine rings is 1. The molecule has 5 rings (SSSR count). The number of aryl methyl sites for hydroxylation is 1. The van der Waals surface area contributed by atoms with Crippen molar-refractivity contribution in [3.8, 4) is 0 Å². The van der Waals surface area contributed by atoms with E-state index in [2.05, 4.69) is 66.4 Å². The van der Waals surface area contributed by atoms with Gasteiger partial charge in [0.1, 0.15) is 11.6 Å². The van der Waals surface area contributed by atoms with Crippen molar-refractivity contribution in [1.29, 1.82) is 0 Å². The van der Waals surface area contributed by atoms with E-state index in [1.807, 2.05) is 12.1 Å². The van der Waals surface area contributed by atoms with Gasteiger partial charge in [0, 0.05) is 35.5 Å². The van der Waals surface area contributed by atoms with E-state index in [1.165, 1.54) is 24.2 Å². The van der Waals surface area contributed by atoms with Crippen molar-refractivity contribution in [2.45, 2.75) is 89.4 Å². The summed E-state index contributed by atoms with van der Waals surface area (Å²) in [6.07, 6.45) is 5.64. The normalized spacial score (nSPS) is 23.2. The molecule has 3 aromatic heterocycles. The molecule has 35 heavy (non-hydrogen) atoms. The largest absolute Gasteiger partial charge is 0.348 e. The van der Waals surface area contributed by atoms with Crippen LogP contribution in [-0.2, 0) is 11.2 Å². The van der Waals surface area contributed by atoms with Gasteiger partial charge in [0.05, 0.1) is 16.8 Å². The molecule has 1 amide bonds. The first-order chi connectivity index (χ1) is 16.9. The number of hydrogen-bond acceptors (Lipinski definition) is 8. The summed E-state index contributed by atoms with van der Waals surface area (Å²) in [5, 5.41) is 25.6. The Morgan fingerprint density at radius 1 is 1.20 bits per heavy atom. The minimum atomic E-state index is -0.107. The number of nitrogens with one attached hydrogen (secondary N) is 2. The Hall–Kier alpha value is -2.37. The molecule has 188 valence electrons. The zero-order chi connectivity index (χ0) is 24.5. The SMILES string of the molecule is Cc1nnc(C(C)C)n1[C@@H]1C[C@H]2CC[C@@H](C1)N2CC[C@H](NC(=O)Cc1nnn[nH]1)c1ccc(Cl)s1. The first kappa shape index (κ1) is 24.3. The quantitative estimate of drug-likeness (QED) is 0.445. The molecule has 0 aliphatic carbocycles. The molecule has 0 spiro atoms. The van der Waals surface area contributed by atoms with Crippen LogP contribution >= 0.6 is 22.9 Å². The summed E-state index contributed by atoms with van der Waals surface area (Å²) in [6, 6.07) is 5.35. The van der Waals surface area contributed by atoms with Crippen LogP contribution in [0.5, 0.6) is 0 Å². The monoisotopic (exact) mass is 517 g/mol. The van der Waals surface area contributed by atoms with Gasteiger partial charge in [0.2, 0.25) is 5.91 Å². The second-order valence-electron chi connectivity index (χ2n) is 9.95. The number of tetrazole rings is 1. The maximum atomic E-state index is 12.7. The lowest BCUT2D eigenvalue weighted by Crippen LogP contribution is -2.45. The van der Waals surface area contributed by atoms with E-state index in [1.54, 1.807) is 0 Å². The predicted molar refractivity (Wildman–Crippen MR) is 133 cm³/mol. The molecular weight excluding hydrogens is 486 g/mol. The van der Waals surface area contributed by atoms with Crippen molar-refractivity contribution >= 4 is 28.8 Å². The molecule has 10 nitrogen and oxygen atoms in total. The molecule has 0 radical (unpaired) electrons. The molecule has 5 heterocycles. The van der Waals surface area contributed by atoms with Crippen LogP contribution in [0.4, 0.5) is 0 Å². The number of halogens is 1. The van der Waals surface area contributed by atoms with Crippen LogP contribution in [-0.4, -0.2) is 64.8 Å². The first-order valence-corrected chi connectivity index (χ1v) is 13.5. The smallest absolute Gasteiger partial charge is 0.228 e. The van der Waals surface area contributed by atoms with Gasteiger partial charge in [0.15, 0.2) is 5.82 Å². The van der Waals surface area contributed by atoms with Crippen molar-refractivity contribution in [2.75, 3.05) is 6.54 Å². The Kier molecular flexibility index (Phi) is 7.17. The Labute approximate surface area is 213 Å². The number of rotatable bonds is 9. The van der Waals surface area contributed by atoms with Crippen LogP contribution in [0.15, 0.2) is 12.1 Å². The summed E-state index contributed by atoms with van der Waals surface area (Å²) < 4.78 is 3.12. The van der Waals surface area contributed by atoms with E-state index in [0.29, 0.717) is 29.9 Å². The van der Waals surface area contributed by atoms with Gasteiger partial charge in [-0.05, 0) is 61.6 Å². The summed E-state index contributed by atoms with van der Waals surface area (Å²) in [5.74, 6) is 2.83. The Bertz CT molecular complexity index is 1130. The highest BCUT2D eigenvalue weighted by atomic mass is 35.5. The van der Waals surface area contributed by atoms with E-state index in [-0.39, 0.29) is 18.4 Å². The van der Waals surface area contributed by atoms with Gasteiger partial charge in [-0.3, -0.25) is 9.69 Å². The molecule has 0 aromatic carbocycles.